The van der Waals surface area contributed by atoms with Gasteiger partial charge in [0.25, 0.3) is 0 Å². The molecular formula is C18H12O7. The molecule has 3 aromatic rings. The molecule has 0 saturated carbocycles. The van der Waals surface area contributed by atoms with E-state index in [0.29, 0.717) is 11.8 Å². The first kappa shape index (κ1) is 16.4. The van der Waals surface area contributed by atoms with Crippen molar-refractivity contribution in [3.8, 4) is 11.5 Å². The Hall–Kier alpha value is -3.48. The van der Waals surface area contributed by atoms with Crippen LogP contribution >= 0.6 is 0 Å². The van der Waals surface area contributed by atoms with Gasteiger partial charge in [0.2, 0.25) is 5.43 Å². The zero-order valence-electron chi connectivity index (χ0n) is 13.3. The van der Waals surface area contributed by atoms with Crippen molar-refractivity contribution in [3.05, 3.63) is 46.1 Å². The third-order valence-electron chi connectivity index (χ3n) is 3.39. The molecule has 1 aromatic heterocycles. The first-order valence-corrected chi connectivity index (χ1v) is 7.25. The Bertz CT molecular complexity index is 1090. The third-order valence-corrected chi connectivity index (χ3v) is 3.39. The Labute approximate surface area is 140 Å². The van der Waals surface area contributed by atoms with Crippen LogP contribution in [0.4, 0.5) is 0 Å². The van der Waals surface area contributed by atoms with Gasteiger partial charge in [0.1, 0.15) is 34.3 Å². The summed E-state index contributed by atoms with van der Waals surface area (Å²) >= 11 is 0. The molecule has 0 bridgehead atoms. The maximum atomic E-state index is 12.8. The molecule has 2 aromatic carbocycles. The minimum absolute atomic E-state index is 0.0393. The fraction of sp³-hybridized carbons (Fsp3) is 0.111. The lowest BCUT2D eigenvalue weighted by molar-refractivity contribution is -0.132. The van der Waals surface area contributed by atoms with Crippen molar-refractivity contribution in [2.24, 2.45) is 0 Å². The predicted octanol–water partition coefficient (Wildman–Crippen LogP) is 2.61. The molecule has 7 nitrogen and oxygen atoms in total. The second kappa shape index (κ2) is 6.20. The maximum Gasteiger partial charge on any atom is 0.308 e. The summed E-state index contributed by atoms with van der Waals surface area (Å²) in [5.41, 5.74) is 0.164. The highest BCUT2D eigenvalue weighted by atomic mass is 16.5. The van der Waals surface area contributed by atoms with E-state index in [-0.39, 0.29) is 33.4 Å². The summed E-state index contributed by atoms with van der Waals surface area (Å²) in [5.74, 6) is -1.24. The zero-order chi connectivity index (χ0) is 18.1. The van der Waals surface area contributed by atoms with Crippen molar-refractivity contribution in [2.75, 3.05) is 0 Å². The van der Waals surface area contributed by atoms with Crippen LogP contribution in [0.25, 0.3) is 21.9 Å². The molecule has 0 aliphatic rings. The van der Waals surface area contributed by atoms with E-state index in [9.17, 15) is 19.2 Å². The third kappa shape index (κ3) is 3.12. The van der Waals surface area contributed by atoms with Crippen molar-refractivity contribution in [1.29, 1.82) is 0 Å². The Morgan fingerprint density at radius 2 is 1.72 bits per heavy atom. The van der Waals surface area contributed by atoms with E-state index in [4.69, 9.17) is 13.9 Å². The van der Waals surface area contributed by atoms with Crippen molar-refractivity contribution in [2.45, 2.75) is 13.8 Å². The first-order valence-electron chi connectivity index (χ1n) is 7.25. The van der Waals surface area contributed by atoms with E-state index < -0.39 is 17.4 Å². The van der Waals surface area contributed by atoms with Crippen LogP contribution in [-0.2, 0) is 9.59 Å². The van der Waals surface area contributed by atoms with Crippen molar-refractivity contribution in [1.82, 2.24) is 0 Å². The number of hydrogen-bond acceptors (Lipinski definition) is 7. The van der Waals surface area contributed by atoms with Gasteiger partial charge in [0.05, 0.1) is 5.39 Å². The van der Waals surface area contributed by atoms with Gasteiger partial charge >= 0.3 is 11.9 Å². The average molecular weight is 340 g/mol. The highest BCUT2D eigenvalue weighted by Crippen LogP contribution is 2.32. The van der Waals surface area contributed by atoms with Gasteiger partial charge in [-0.15, -0.1) is 0 Å². The standard InChI is InChI=1S/C18H12O7/c1-9(20)23-12-6-15(24-10(2)21)17-16(7-12)25-14-5-11(8-19)3-4-13(14)18(17)22/h3-8H,1-2H3. The monoisotopic (exact) mass is 340 g/mol. The highest BCUT2D eigenvalue weighted by Gasteiger charge is 2.17. The van der Waals surface area contributed by atoms with Crippen LogP contribution in [0.3, 0.4) is 0 Å². The number of aldehydes is 1. The van der Waals surface area contributed by atoms with Gasteiger partial charge in [-0.05, 0) is 12.1 Å². The molecule has 1 heterocycles. The molecular weight excluding hydrogens is 328 g/mol. The van der Waals surface area contributed by atoms with Gasteiger partial charge < -0.3 is 13.9 Å². The molecule has 3 rings (SSSR count). The molecule has 0 spiro atoms. The second-order valence-corrected chi connectivity index (χ2v) is 5.29. The van der Waals surface area contributed by atoms with Crippen molar-refractivity contribution < 1.29 is 28.3 Å². The van der Waals surface area contributed by atoms with Gasteiger partial charge in [0.15, 0.2) is 0 Å². The van der Waals surface area contributed by atoms with Crippen LogP contribution in [0.5, 0.6) is 11.5 Å². The number of hydrogen-bond donors (Lipinski definition) is 0. The highest BCUT2D eigenvalue weighted by molar-refractivity contribution is 5.96. The number of benzene rings is 2. The molecule has 0 unspecified atom stereocenters. The van der Waals surface area contributed by atoms with Crippen LogP contribution in [0.2, 0.25) is 0 Å². The van der Waals surface area contributed by atoms with Gasteiger partial charge in [-0.3, -0.25) is 19.2 Å². The first-order chi connectivity index (χ1) is 11.9. The summed E-state index contributed by atoms with van der Waals surface area (Å²) in [4.78, 5) is 46.2. The normalized spacial score (nSPS) is 10.6. The Balaban J connectivity index is 2.39. The topological polar surface area (TPSA) is 99.9 Å². The molecule has 0 N–H and O–H groups in total. The lowest BCUT2D eigenvalue weighted by Crippen LogP contribution is -2.09. The number of rotatable bonds is 3. The van der Waals surface area contributed by atoms with Gasteiger partial charge in [0, 0.05) is 31.5 Å². The maximum absolute atomic E-state index is 12.8. The fourth-order valence-electron chi connectivity index (χ4n) is 2.47. The van der Waals surface area contributed by atoms with Crippen LogP contribution in [0.15, 0.2) is 39.5 Å². The smallest absolute Gasteiger partial charge is 0.308 e. The van der Waals surface area contributed by atoms with E-state index in [1.165, 1.54) is 44.2 Å². The number of ether oxygens (including phenoxy) is 2. The Morgan fingerprint density at radius 3 is 2.36 bits per heavy atom. The van der Waals surface area contributed by atoms with E-state index in [2.05, 4.69) is 0 Å². The molecule has 0 radical (unpaired) electrons. The summed E-state index contributed by atoms with van der Waals surface area (Å²) in [5, 5.41) is 0.268. The number of esters is 2. The van der Waals surface area contributed by atoms with Gasteiger partial charge in [-0.2, -0.15) is 0 Å². The number of carbonyl (C=O) groups is 3. The minimum Gasteiger partial charge on any atom is -0.455 e. The summed E-state index contributed by atoms with van der Waals surface area (Å²) in [6.07, 6.45) is 0.628. The Morgan fingerprint density at radius 1 is 1.00 bits per heavy atom. The number of fused-ring (bicyclic) bond motifs is 2. The van der Waals surface area contributed by atoms with E-state index in [1.54, 1.807) is 0 Å². The second-order valence-electron chi connectivity index (χ2n) is 5.29. The van der Waals surface area contributed by atoms with Gasteiger partial charge in [-0.1, -0.05) is 6.07 Å². The summed E-state index contributed by atoms with van der Waals surface area (Å²) in [7, 11) is 0. The van der Waals surface area contributed by atoms with Crippen molar-refractivity contribution in [3.63, 3.8) is 0 Å². The molecule has 0 aliphatic heterocycles. The SMILES string of the molecule is CC(=O)Oc1cc(OC(C)=O)c2c(=O)c3ccc(C=O)cc3oc2c1. The Kier molecular flexibility index (Phi) is 4.06. The largest absolute Gasteiger partial charge is 0.455 e. The van der Waals surface area contributed by atoms with Crippen molar-refractivity contribution >= 4 is 40.2 Å². The fourth-order valence-corrected chi connectivity index (χ4v) is 2.47. The molecule has 126 valence electrons. The lowest BCUT2D eigenvalue weighted by atomic mass is 10.1. The number of carbonyl (C=O) groups excluding carboxylic acids is 3. The molecule has 0 amide bonds. The summed E-state index contributed by atoms with van der Waals surface area (Å²) < 4.78 is 15.7. The summed E-state index contributed by atoms with van der Waals surface area (Å²) in [6.45, 7) is 2.39. The summed E-state index contributed by atoms with van der Waals surface area (Å²) in [6, 6.07) is 6.98. The molecule has 0 atom stereocenters. The molecule has 0 saturated heterocycles. The zero-order valence-corrected chi connectivity index (χ0v) is 13.3. The van der Waals surface area contributed by atoms with Crippen LogP contribution < -0.4 is 14.9 Å². The van der Waals surface area contributed by atoms with Crippen LogP contribution in [0, 0.1) is 0 Å². The molecule has 25 heavy (non-hydrogen) atoms. The quantitative estimate of drug-likeness (QED) is 0.313. The van der Waals surface area contributed by atoms with Crippen LogP contribution in [0.1, 0.15) is 24.2 Å². The lowest BCUT2D eigenvalue weighted by Gasteiger charge is -2.09. The predicted molar refractivity (Wildman–Crippen MR) is 88.0 cm³/mol. The molecule has 0 fully saturated rings. The van der Waals surface area contributed by atoms with Crippen LogP contribution in [-0.4, -0.2) is 18.2 Å². The van der Waals surface area contributed by atoms with E-state index in [1.807, 2.05) is 0 Å². The molecule has 0 aliphatic carbocycles. The van der Waals surface area contributed by atoms with E-state index >= 15 is 0 Å². The van der Waals surface area contributed by atoms with Gasteiger partial charge in [-0.25, -0.2) is 0 Å². The molecule has 7 heteroatoms. The van der Waals surface area contributed by atoms with E-state index in [0.717, 1.165) is 0 Å². The average Bonchev–Trinajstić information content (AvgIpc) is 2.52. The minimum atomic E-state index is -0.642.